The van der Waals surface area contributed by atoms with Crippen LogP contribution in [0.2, 0.25) is 0 Å². The van der Waals surface area contributed by atoms with Crippen LogP contribution in [-0.4, -0.2) is 5.91 Å². The first kappa shape index (κ1) is 11.8. The van der Waals surface area contributed by atoms with Crippen molar-refractivity contribution in [1.82, 2.24) is 5.32 Å². The predicted octanol–water partition coefficient (Wildman–Crippen LogP) is 3.38. The summed E-state index contributed by atoms with van der Waals surface area (Å²) in [6.07, 6.45) is 0. The second kappa shape index (κ2) is 5.10. The Morgan fingerprint density at radius 2 is 2.06 bits per heavy atom. The van der Waals surface area contributed by atoms with Gasteiger partial charge in [-0.3, -0.25) is 4.79 Å². The van der Waals surface area contributed by atoms with Gasteiger partial charge in [-0.25, -0.2) is 4.39 Å². The maximum atomic E-state index is 13.5. The largest absolute Gasteiger partial charge is 0.345 e. The Hall–Kier alpha value is -1.68. The molecule has 0 fully saturated rings. The van der Waals surface area contributed by atoms with E-state index >= 15 is 0 Å². The van der Waals surface area contributed by atoms with E-state index in [-0.39, 0.29) is 17.8 Å². The van der Waals surface area contributed by atoms with Gasteiger partial charge in [0, 0.05) is 5.56 Å². The van der Waals surface area contributed by atoms with E-state index in [1.54, 1.807) is 31.2 Å². The van der Waals surface area contributed by atoms with Gasteiger partial charge >= 0.3 is 0 Å². The molecule has 1 aromatic heterocycles. The average Bonchev–Trinajstić information content (AvgIpc) is 2.82. The van der Waals surface area contributed by atoms with E-state index in [0.717, 1.165) is 0 Å². The number of halogens is 1. The minimum absolute atomic E-state index is 0.171. The molecule has 0 saturated carbocycles. The van der Waals surface area contributed by atoms with Crippen molar-refractivity contribution in [3.05, 3.63) is 58.0 Å². The van der Waals surface area contributed by atoms with Crippen molar-refractivity contribution in [1.29, 1.82) is 0 Å². The average molecular weight is 249 g/mol. The third-order valence-electron chi connectivity index (χ3n) is 2.46. The number of carbonyl (C=O) groups excluding carboxylic acids is 1. The Balaban J connectivity index is 2.10. The second-order valence-corrected chi connectivity index (χ2v) is 4.64. The van der Waals surface area contributed by atoms with E-state index in [1.807, 2.05) is 11.4 Å². The number of thiophene rings is 1. The molecule has 0 aliphatic heterocycles. The fraction of sp³-hybridized carbons (Fsp3) is 0.154. The van der Waals surface area contributed by atoms with Crippen LogP contribution in [0.5, 0.6) is 0 Å². The van der Waals surface area contributed by atoms with Crippen LogP contribution in [0.3, 0.4) is 0 Å². The lowest BCUT2D eigenvalue weighted by Gasteiger charge is -2.14. The molecule has 1 amide bonds. The fourth-order valence-electron chi connectivity index (χ4n) is 1.58. The third kappa shape index (κ3) is 2.71. The first-order valence-corrected chi connectivity index (χ1v) is 6.15. The number of carbonyl (C=O) groups is 1. The van der Waals surface area contributed by atoms with Gasteiger partial charge in [0.2, 0.25) is 0 Å². The highest BCUT2D eigenvalue weighted by molar-refractivity contribution is 7.12. The molecule has 2 nitrogen and oxygen atoms in total. The maximum absolute atomic E-state index is 13.5. The van der Waals surface area contributed by atoms with Crippen molar-refractivity contribution in [3.8, 4) is 0 Å². The van der Waals surface area contributed by atoms with E-state index in [4.69, 9.17) is 0 Å². The zero-order chi connectivity index (χ0) is 12.3. The standard InChI is InChI=1S/C13H12FNOS/c1-9(10-5-2-3-6-11(10)14)15-13(16)12-7-4-8-17-12/h2-9H,1H3,(H,15,16). The van der Waals surface area contributed by atoms with Gasteiger partial charge in [0.15, 0.2) is 0 Å². The third-order valence-corrected chi connectivity index (χ3v) is 3.33. The van der Waals surface area contributed by atoms with Gasteiger partial charge in [-0.05, 0) is 24.4 Å². The van der Waals surface area contributed by atoms with Crippen LogP contribution in [0.15, 0.2) is 41.8 Å². The minimum atomic E-state index is -0.342. The number of nitrogens with one attached hydrogen (secondary N) is 1. The highest BCUT2D eigenvalue weighted by Crippen LogP contribution is 2.17. The molecule has 0 spiro atoms. The van der Waals surface area contributed by atoms with Crippen LogP contribution in [0.4, 0.5) is 4.39 Å². The SMILES string of the molecule is CC(NC(=O)c1cccs1)c1ccccc1F. The summed E-state index contributed by atoms with van der Waals surface area (Å²) in [7, 11) is 0. The van der Waals surface area contributed by atoms with E-state index in [9.17, 15) is 9.18 Å². The lowest BCUT2D eigenvalue weighted by molar-refractivity contribution is 0.0943. The second-order valence-electron chi connectivity index (χ2n) is 3.69. The topological polar surface area (TPSA) is 29.1 Å². The Bertz CT molecular complexity index is 510. The summed E-state index contributed by atoms with van der Waals surface area (Å²) in [6, 6.07) is 9.67. The van der Waals surface area contributed by atoms with Gasteiger partial charge in [-0.2, -0.15) is 0 Å². The van der Waals surface area contributed by atoms with Gasteiger partial charge in [0.05, 0.1) is 10.9 Å². The van der Waals surface area contributed by atoms with Crippen LogP contribution in [0.25, 0.3) is 0 Å². The van der Waals surface area contributed by atoms with E-state index in [2.05, 4.69) is 5.32 Å². The maximum Gasteiger partial charge on any atom is 0.261 e. The van der Waals surface area contributed by atoms with Gasteiger partial charge in [0.1, 0.15) is 5.82 Å². The van der Waals surface area contributed by atoms with Crippen LogP contribution >= 0.6 is 11.3 Å². The Morgan fingerprint density at radius 3 is 2.71 bits per heavy atom. The molecule has 17 heavy (non-hydrogen) atoms. The summed E-state index contributed by atoms with van der Waals surface area (Å²) in [4.78, 5) is 12.4. The zero-order valence-electron chi connectivity index (χ0n) is 9.31. The van der Waals surface area contributed by atoms with E-state index < -0.39 is 0 Å². The molecule has 0 saturated heterocycles. The Morgan fingerprint density at radius 1 is 1.29 bits per heavy atom. The summed E-state index contributed by atoms with van der Waals surface area (Å²) in [6.45, 7) is 1.77. The first-order chi connectivity index (χ1) is 8.18. The highest BCUT2D eigenvalue weighted by atomic mass is 32.1. The van der Waals surface area contributed by atoms with Crippen molar-refractivity contribution in [2.75, 3.05) is 0 Å². The molecule has 88 valence electrons. The number of amides is 1. The molecule has 1 heterocycles. The summed E-state index contributed by atoms with van der Waals surface area (Å²) in [5, 5.41) is 4.61. The summed E-state index contributed by atoms with van der Waals surface area (Å²) in [5.41, 5.74) is 0.498. The van der Waals surface area contributed by atoms with Crippen molar-refractivity contribution in [2.45, 2.75) is 13.0 Å². The normalized spacial score (nSPS) is 12.1. The number of benzene rings is 1. The molecular weight excluding hydrogens is 237 g/mol. The molecule has 1 atom stereocenters. The summed E-state index contributed by atoms with van der Waals surface area (Å²) < 4.78 is 13.5. The van der Waals surface area contributed by atoms with Gasteiger partial charge in [0.25, 0.3) is 5.91 Å². The highest BCUT2D eigenvalue weighted by Gasteiger charge is 2.14. The molecule has 2 rings (SSSR count). The summed E-state index contributed by atoms with van der Waals surface area (Å²) >= 11 is 1.37. The van der Waals surface area contributed by atoms with Gasteiger partial charge < -0.3 is 5.32 Å². The molecule has 1 N–H and O–H groups in total. The van der Waals surface area contributed by atoms with Crippen LogP contribution in [0.1, 0.15) is 28.2 Å². The van der Waals surface area contributed by atoms with Crippen LogP contribution in [0, 0.1) is 5.82 Å². The number of hydrogen-bond donors (Lipinski definition) is 1. The molecule has 2 aromatic rings. The van der Waals surface area contributed by atoms with E-state index in [1.165, 1.54) is 17.4 Å². The molecule has 0 radical (unpaired) electrons. The molecule has 1 aromatic carbocycles. The Labute approximate surface area is 103 Å². The van der Waals surface area contributed by atoms with Crippen molar-refractivity contribution < 1.29 is 9.18 Å². The quantitative estimate of drug-likeness (QED) is 0.887. The zero-order valence-corrected chi connectivity index (χ0v) is 10.1. The van der Waals surface area contributed by atoms with Gasteiger partial charge in [-0.15, -0.1) is 11.3 Å². The number of hydrogen-bond acceptors (Lipinski definition) is 2. The molecule has 1 unspecified atom stereocenters. The van der Waals surface area contributed by atoms with Crippen molar-refractivity contribution in [2.24, 2.45) is 0 Å². The Kier molecular flexibility index (Phi) is 3.54. The van der Waals surface area contributed by atoms with E-state index in [0.29, 0.717) is 10.4 Å². The van der Waals surface area contributed by atoms with Gasteiger partial charge in [-0.1, -0.05) is 24.3 Å². The number of rotatable bonds is 3. The molecule has 0 aliphatic carbocycles. The van der Waals surface area contributed by atoms with Crippen LogP contribution < -0.4 is 5.32 Å². The van der Waals surface area contributed by atoms with Crippen LogP contribution in [-0.2, 0) is 0 Å². The fourth-order valence-corrected chi connectivity index (χ4v) is 2.21. The molecule has 4 heteroatoms. The predicted molar refractivity (Wildman–Crippen MR) is 66.6 cm³/mol. The molecule has 0 aliphatic rings. The lowest BCUT2D eigenvalue weighted by atomic mass is 10.1. The van der Waals surface area contributed by atoms with Crippen molar-refractivity contribution in [3.63, 3.8) is 0 Å². The lowest BCUT2D eigenvalue weighted by Crippen LogP contribution is -2.26. The molecular formula is C13H12FNOS. The van der Waals surface area contributed by atoms with Crippen molar-refractivity contribution >= 4 is 17.2 Å². The smallest absolute Gasteiger partial charge is 0.261 e. The summed E-state index contributed by atoms with van der Waals surface area (Å²) in [5.74, 6) is -0.470. The first-order valence-electron chi connectivity index (χ1n) is 5.27. The molecule has 0 bridgehead atoms. The minimum Gasteiger partial charge on any atom is -0.345 e. The monoisotopic (exact) mass is 249 g/mol.